The Balaban J connectivity index is 1.72. The van der Waals surface area contributed by atoms with E-state index in [1.165, 1.54) is 5.56 Å². The minimum Gasteiger partial charge on any atom is -0.339 e. The number of amides is 2. The molecule has 1 aromatic carbocycles. The van der Waals surface area contributed by atoms with Gasteiger partial charge in [-0.05, 0) is 37.1 Å². The molecule has 0 bridgehead atoms. The molecule has 0 saturated carbocycles. The number of benzene rings is 1. The lowest BCUT2D eigenvalue weighted by atomic mass is 10.1. The van der Waals surface area contributed by atoms with E-state index in [4.69, 9.17) is 0 Å². The number of nitrogens with zero attached hydrogens (tertiary/aromatic N) is 4. The largest absolute Gasteiger partial charge is 0.339 e. The van der Waals surface area contributed by atoms with Gasteiger partial charge in [-0.25, -0.2) is 0 Å². The van der Waals surface area contributed by atoms with Crippen LogP contribution in [-0.4, -0.2) is 63.2 Å². The molecule has 25 heavy (non-hydrogen) atoms. The van der Waals surface area contributed by atoms with Crippen LogP contribution in [0, 0.1) is 13.8 Å². The van der Waals surface area contributed by atoms with Crippen LogP contribution < -0.4 is 5.32 Å². The SMILES string of the molecule is CC(=O)N1CCN(C(=O)c2n[nH]nc2Nc2ccc(C)c(C)c2)CC1. The first kappa shape index (κ1) is 16.9. The van der Waals surface area contributed by atoms with Crippen LogP contribution in [0.2, 0.25) is 0 Å². The molecule has 1 aliphatic rings. The number of aromatic amines is 1. The summed E-state index contributed by atoms with van der Waals surface area (Å²) in [4.78, 5) is 27.6. The third-order valence-electron chi connectivity index (χ3n) is 4.53. The van der Waals surface area contributed by atoms with Crippen LogP contribution in [0.1, 0.15) is 28.5 Å². The van der Waals surface area contributed by atoms with Crippen molar-refractivity contribution >= 4 is 23.3 Å². The molecule has 1 saturated heterocycles. The summed E-state index contributed by atoms with van der Waals surface area (Å²) in [5.74, 6) is 0.246. The third-order valence-corrected chi connectivity index (χ3v) is 4.53. The zero-order valence-electron chi connectivity index (χ0n) is 14.7. The highest BCUT2D eigenvalue weighted by molar-refractivity contribution is 5.97. The van der Waals surface area contributed by atoms with Gasteiger partial charge in [0.1, 0.15) is 0 Å². The molecule has 3 rings (SSSR count). The number of hydrogen-bond donors (Lipinski definition) is 2. The summed E-state index contributed by atoms with van der Waals surface area (Å²) < 4.78 is 0. The second-order valence-corrected chi connectivity index (χ2v) is 6.24. The zero-order valence-corrected chi connectivity index (χ0v) is 14.7. The molecular formula is C17H22N6O2. The number of anilines is 2. The quantitative estimate of drug-likeness (QED) is 0.881. The average molecular weight is 342 g/mol. The smallest absolute Gasteiger partial charge is 0.278 e. The summed E-state index contributed by atoms with van der Waals surface area (Å²) >= 11 is 0. The van der Waals surface area contributed by atoms with E-state index < -0.39 is 0 Å². The standard InChI is InChI=1S/C17H22N6O2/c1-11-4-5-14(10-12(11)2)18-16-15(19-21-20-16)17(25)23-8-6-22(7-9-23)13(3)24/h4-5,10H,6-9H2,1-3H3,(H2,18,19,20,21). The van der Waals surface area contributed by atoms with E-state index in [1.807, 2.05) is 32.0 Å². The van der Waals surface area contributed by atoms with Crippen molar-refractivity contribution in [1.82, 2.24) is 25.2 Å². The van der Waals surface area contributed by atoms with Crippen molar-refractivity contribution in [2.75, 3.05) is 31.5 Å². The molecule has 2 N–H and O–H groups in total. The molecule has 0 radical (unpaired) electrons. The number of carbonyl (C=O) groups is 2. The second-order valence-electron chi connectivity index (χ2n) is 6.24. The van der Waals surface area contributed by atoms with Gasteiger partial charge in [-0.3, -0.25) is 9.59 Å². The van der Waals surface area contributed by atoms with Gasteiger partial charge >= 0.3 is 0 Å². The number of nitrogens with one attached hydrogen (secondary N) is 2. The van der Waals surface area contributed by atoms with Gasteiger partial charge in [0.2, 0.25) is 5.91 Å². The van der Waals surface area contributed by atoms with Crippen molar-refractivity contribution in [3.05, 3.63) is 35.0 Å². The summed E-state index contributed by atoms with van der Waals surface area (Å²) in [7, 11) is 0. The summed E-state index contributed by atoms with van der Waals surface area (Å²) in [5.41, 5.74) is 3.47. The number of rotatable bonds is 3. The molecule has 1 aliphatic heterocycles. The summed E-state index contributed by atoms with van der Waals surface area (Å²) in [6.45, 7) is 7.69. The maximum Gasteiger partial charge on any atom is 0.278 e. The first-order valence-electron chi connectivity index (χ1n) is 8.25. The Morgan fingerprint density at radius 1 is 1.04 bits per heavy atom. The Bertz CT molecular complexity index is 792. The van der Waals surface area contributed by atoms with Crippen molar-refractivity contribution in [2.45, 2.75) is 20.8 Å². The first-order chi connectivity index (χ1) is 12.0. The fraction of sp³-hybridized carbons (Fsp3) is 0.412. The highest BCUT2D eigenvalue weighted by Crippen LogP contribution is 2.21. The van der Waals surface area contributed by atoms with Crippen LogP contribution in [0.4, 0.5) is 11.5 Å². The molecule has 1 fully saturated rings. The Hall–Kier alpha value is -2.90. The fourth-order valence-electron chi connectivity index (χ4n) is 2.80. The number of aromatic nitrogens is 3. The molecule has 2 heterocycles. The van der Waals surface area contributed by atoms with Crippen LogP contribution in [0.5, 0.6) is 0 Å². The van der Waals surface area contributed by atoms with Crippen molar-refractivity contribution < 1.29 is 9.59 Å². The summed E-state index contributed by atoms with van der Waals surface area (Å²) in [6.07, 6.45) is 0. The van der Waals surface area contributed by atoms with Crippen LogP contribution in [0.15, 0.2) is 18.2 Å². The average Bonchev–Trinajstić information content (AvgIpc) is 3.05. The van der Waals surface area contributed by atoms with Gasteiger partial charge < -0.3 is 15.1 Å². The van der Waals surface area contributed by atoms with E-state index in [-0.39, 0.29) is 17.5 Å². The van der Waals surface area contributed by atoms with E-state index in [2.05, 4.69) is 20.7 Å². The van der Waals surface area contributed by atoms with E-state index >= 15 is 0 Å². The minimum absolute atomic E-state index is 0.0330. The van der Waals surface area contributed by atoms with Gasteiger partial charge in [-0.2, -0.15) is 5.21 Å². The molecule has 2 amide bonds. The zero-order chi connectivity index (χ0) is 18.0. The van der Waals surface area contributed by atoms with Crippen molar-refractivity contribution in [2.24, 2.45) is 0 Å². The monoisotopic (exact) mass is 342 g/mol. The van der Waals surface area contributed by atoms with E-state index in [0.29, 0.717) is 32.0 Å². The lowest BCUT2D eigenvalue weighted by molar-refractivity contribution is -0.130. The van der Waals surface area contributed by atoms with Gasteiger partial charge in [0, 0.05) is 38.8 Å². The first-order valence-corrected chi connectivity index (χ1v) is 8.25. The van der Waals surface area contributed by atoms with E-state index in [0.717, 1.165) is 11.3 Å². The maximum absolute atomic E-state index is 12.7. The maximum atomic E-state index is 12.7. The topological polar surface area (TPSA) is 94.2 Å². The van der Waals surface area contributed by atoms with Gasteiger partial charge in [-0.1, -0.05) is 6.07 Å². The predicted octanol–water partition coefficient (Wildman–Crippen LogP) is 1.47. The van der Waals surface area contributed by atoms with Crippen LogP contribution in [0.3, 0.4) is 0 Å². The summed E-state index contributed by atoms with van der Waals surface area (Å²) in [5, 5.41) is 13.7. The molecule has 8 heteroatoms. The number of hydrogen-bond acceptors (Lipinski definition) is 5. The van der Waals surface area contributed by atoms with Crippen LogP contribution >= 0.6 is 0 Å². The second kappa shape index (κ2) is 6.92. The molecule has 132 valence electrons. The van der Waals surface area contributed by atoms with E-state index in [1.54, 1.807) is 16.7 Å². The van der Waals surface area contributed by atoms with Gasteiger partial charge in [0.15, 0.2) is 11.5 Å². The molecule has 2 aromatic rings. The number of H-pyrrole nitrogens is 1. The van der Waals surface area contributed by atoms with Crippen molar-refractivity contribution in [3.63, 3.8) is 0 Å². The molecular weight excluding hydrogens is 320 g/mol. The highest BCUT2D eigenvalue weighted by atomic mass is 16.2. The Kier molecular flexibility index (Phi) is 4.69. The molecule has 0 spiro atoms. The Labute approximate surface area is 146 Å². The molecule has 0 atom stereocenters. The molecule has 0 unspecified atom stereocenters. The number of aryl methyl sites for hydroxylation is 2. The predicted molar refractivity (Wildman–Crippen MR) is 93.7 cm³/mol. The minimum atomic E-state index is -0.191. The third kappa shape index (κ3) is 3.62. The lowest BCUT2D eigenvalue weighted by Crippen LogP contribution is -2.50. The Morgan fingerprint density at radius 2 is 1.72 bits per heavy atom. The normalized spacial score (nSPS) is 14.5. The van der Waals surface area contributed by atoms with Crippen molar-refractivity contribution in [1.29, 1.82) is 0 Å². The number of carbonyl (C=O) groups excluding carboxylic acids is 2. The molecule has 1 aromatic heterocycles. The van der Waals surface area contributed by atoms with E-state index in [9.17, 15) is 9.59 Å². The van der Waals surface area contributed by atoms with Gasteiger partial charge in [0.25, 0.3) is 5.91 Å². The highest BCUT2D eigenvalue weighted by Gasteiger charge is 2.27. The van der Waals surface area contributed by atoms with Crippen molar-refractivity contribution in [3.8, 4) is 0 Å². The lowest BCUT2D eigenvalue weighted by Gasteiger charge is -2.33. The van der Waals surface area contributed by atoms with Crippen LogP contribution in [0.25, 0.3) is 0 Å². The van der Waals surface area contributed by atoms with Gasteiger partial charge in [0.05, 0.1) is 0 Å². The Morgan fingerprint density at radius 3 is 2.36 bits per heavy atom. The van der Waals surface area contributed by atoms with Crippen LogP contribution in [-0.2, 0) is 4.79 Å². The van der Waals surface area contributed by atoms with Gasteiger partial charge in [-0.15, -0.1) is 10.2 Å². The molecule has 8 nitrogen and oxygen atoms in total. The fourth-order valence-corrected chi connectivity index (χ4v) is 2.80. The molecule has 0 aliphatic carbocycles. The number of piperazine rings is 1. The summed E-state index contributed by atoms with van der Waals surface area (Å²) in [6, 6.07) is 5.96.